The number of pyridine rings is 1. The highest BCUT2D eigenvalue weighted by molar-refractivity contribution is 6.21. The Labute approximate surface area is 208 Å². The number of rotatable bonds is 3. The van der Waals surface area contributed by atoms with Gasteiger partial charge in [-0.15, -0.1) is 0 Å². The standard InChI is InChI=1S/C33H24N2O/c1-4-11-30-31(20(2)3)25-15-8-10-17-29(25)34(30)21-18-26-22-12-5-6-14-24(22)33(36)35-28-16-9-7-13-23(28)27(19-21)32(26)35/h4-19H,2H2,1,3H3. The van der Waals surface area contributed by atoms with Gasteiger partial charge in [0.25, 0.3) is 5.56 Å². The number of nitrogens with zero attached hydrogens (tertiary/aromatic N) is 2. The maximum atomic E-state index is 13.7. The molecule has 0 fully saturated rings. The number of hydrogen-bond acceptors (Lipinski definition) is 1. The number of hydrogen-bond donors (Lipinski definition) is 0. The van der Waals surface area contributed by atoms with Gasteiger partial charge in [-0.1, -0.05) is 67.3 Å². The van der Waals surface area contributed by atoms with Gasteiger partial charge in [-0.3, -0.25) is 9.20 Å². The van der Waals surface area contributed by atoms with E-state index in [1.165, 1.54) is 5.39 Å². The monoisotopic (exact) mass is 464 g/mol. The lowest BCUT2D eigenvalue weighted by atomic mass is 10.0. The quantitative estimate of drug-likeness (QED) is 0.242. The predicted molar refractivity (Wildman–Crippen MR) is 154 cm³/mol. The van der Waals surface area contributed by atoms with E-state index in [1.54, 1.807) is 0 Å². The van der Waals surface area contributed by atoms with Crippen molar-refractivity contribution in [3.8, 4) is 5.69 Å². The Morgan fingerprint density at radius 2 is 1.33 bits per heavy atom. The summed E-state index contributed by atoms with van der Waals surface area (Å²) in [6.07, 6.45) is 4.25. The van der Waals surface area contributed by atoms with E-state index < -0.39 is 0 Å². The molecule has 0 bridgehead atoms. The maximum Gasteiger partial charge on any atom is 0.263 e. The third kappa shape index (κ3) is 2.60. The zero-order valence-electron chi connectivity index (χ0n) is 20.2. The molecule has 0 aliphatic rings. The minimum atomic E-state index is 0.0302. The van der Waals surface area contributed by atoms with Gasteiger partial charge in [-0.05, 0) is 61.2 Å². The number of para-hydroxylation sites is 2. The number of allylic oxidation sites excluding steroid dienone is 2. The van der Waals surface area contributed by atoms with E-state index in [0.717, 1.165) is 66.0 Å². The van der Waals surface area contributed by atoms with E-state index in [-0.39, 0.29) is 5.56 Å². The van der Waals surface area contributed by atoms with Gasteiger partial charge >= 0.3 is 0 Å². The van der Waals surface area contributed by atoms with Crippen LogP contribution in [-0.2, 0) is 0 Å². The Kier molecular flexibility index (Phi) is 4.28. The van der Waals surface area contributed by atoms with Gasteiger partial charge in [0, 0.05) is 38.2 Å². The molecule has 4 aromatic carbocycles. The second kappa shape index (κ2) is 7.43. The normalized spacial score (nSPS) is 12.3. The summed E-state index contributed by atoms with van der Waals surface area (Å²) in [4.78, 5) is 13.7. The molecule has 0 spiro atoms. The molecule has 0 radical (unpaired) electrons. The van der Waals surface area contributed by atoms with Crippen LogP contribution < -0.4 is 5.56 Å². The van der Waals surface area contributed by atoms with Crippen LogP contribution in [0.15, 0.2) is 102 Å². The Hall–Kier alpha value is -4.63. The fourth-order valence-corrected chi connectivity index (χ4v) is 5.95. The van der Waals surface area contributed by atoms with Crippen LogP contribution in [-0.4, -0.2) is 8.97 Å². The van der Waals surface area contributed by atoms with Gasteiger partial charge in [0.05, 0.1) is 22.2 Å². The van der Waals surface area contributed by atoms with Crippen molar-refractivity contribution < 1.29 is 0 Å². The fraction of sp³-hybridized carbons (Fsp3) is 0.0606. The summed E-state index contributed by atoms with van der Waals surface area (Å²) in [6, 6.07) is 29.1. The molecule has 0 saturated heterocycles. The fourth-order valence-electron chi connectivity index (χ4n) is 5.95. The van der Waals surface area contributed by atoms with Gasteiger partial charge < -0.3 is 4.57 Å². The van der Waals surface area contributed by atoms with Crippen LogP contribution >= 0.6 is 0 Å². The molecule has 0 amide bonds. The summed E-state index contributed by atoms with van der Waals surface area (Å²) in [5.74, 6) is 0. The Bertz CT molecular complexity index is 2100. The molecule has 0 atom stereocenters. The topological polar surface area (TPSA) is 26.4 Å². The van der Waals surface area contributed by atoms with Gasteiger partial charge in [0.1, 0.15) is 0 Å². The largest absolute Gasteiger partial charge is 0.309 e. The molecule has 3 heterocycles. The van der Waals surface area contributed by atoms with Crippen LogP contribution in [0.3, 0.4) is 0 Å². The van der Waals surface area contributed by atoms with Crippen molar-refractivity contribution in [2.45, 2.75) is 13.8 Å². The van der Waals surface area contributed by atoms with Gasteiger partial charge in [-0.2, -0.15) is 0 Å². The lowest BCUT2D eigenvalue weighted by molar-refractivity contribution is 1.11. The second-order valence-corrected chi connectivity index (χ2v) is 9.49. The summed E-state index contributed by atoms with van der Waals surface area (Å²) in [6.45, 7) is 8.43. The Morgan fingerprint density at radius 1 is 0.750 bits per heavy atom. The Balaban J connectivity index is 1.76. The van der Waals surface area contributed by atoms with Crippen molar-refractivity contribution in [2.24, 2.45) is 0 Å². The van der Waals surface area contributed by atoms with Crippen molar-refractivity contribution in [1.29, 1.82) is 0 Å². The first-order chi connectivity index (χ1) is 17.6. The van der Waals surface area contributed by atoms with Crippen molar-refractivity contribution >= 4 is 60.5 Å². The summed E-state index contributed by atoms with van der Waals surface area (Å²) in [5, 5.41) is 6.15. The summed E-state index contributed by atoms with van der Waals surface area (Å²) in [7, 11) is 0. The van der Waals surface area contributed by atoms with Crippen molar-refractivity contribution in [3.05, 3.63) is 119 Å². The first-order valence-corrected chi connectivity index (χ1v) is 12.2. The predicted octanol–water partition coefficient (Wildman–Crippen LogP) is 8.21. The molecule has 172 valence electrons. The molecule has 0 N–H and O–H groups in total. The van der Waals surface area contributed by atoms with Crippen molar-refractivity contribution in [2.75, 3.05) is 0 Å². The molecule has 0 saturated carbocycles. The first-order valence-electron chi connectivity index (χ1n) is 12.2. The second-order valence-electron chi connectivity index (χ2n) is 9.49. The van der Waals surface area contributed by atoms with Crippen LogP contribution in [0.25, 0.3) is 66.2 Å². The van der Waals surface area contributed by atoms with Gasteiger partial charge in [0.15, 0.2) is 0 Å². The van der Waals surface area contributed by atoms with Crippen LogP contribution in [0.5, 0.6) is 0 Å². The lowest BCUT2D eigenvalue weighted by Gasteiger charge is -2.13. The van der Waals surface area contributed by atoms with Crippen LogP contribution in [0.2, 0.25) is 0 Å². The summed E-state index contributed by atoms with van der Waals surface area (Å²) < 4.78 is 4.23. The number of benzene rings is 4. The summed E-state index contributed by atoms with van der Waals surface area (Å²) >= 11 is 0. The van der Waals surface area contributed by atoms with Gasteiger partial charge in [0.2, 0.25) is 0 Å². The molecule has 3 nitrogen and oxygen atoms in total. The SMILES string of the molecule is C=C(C)c1c(C=CC)n(-c2cc3c4ccccc4c(=O)n4c5ccccc5c(c2)c34)c2ccccc12. The first kappa shape index (κ1) is 20.7. The van der Waals surface area contributed by atoms with E-state index >= 15 is 0 Å². The third-order valence-corrected chi connectivity index (χ3v) is 7.32. The Morgan fingerprint density at radius 3 is 2.03 bits per heavy atom. The average Bonchev–Trinajstić information content (AvgIpc) is 3.41. The van der Waals surface area contributed by atoms with Crippen LogP contribution in [0.1, 0.15) is 25.1 Å². The molecular weight excluding hydrogens is 440 g/mol. The molecule has 0 aliphatic carbocycles. The molecule has 7 aromatic rings. The van der Waals surface area contributed by atoms with E-state index in [0.29, 0.717) is 0 Å². The van der Waals surface area contributed by atoms with Crippen molar-refractivity contribution in [3.63, 3.8) is 0 Å². The van der Waals surface area contributed by atoms with E-state index in [4.69, 9.17) is 0 Å². The van der Waals surface area contributed by atoms with Crippen molar-refractivity contribution in [1.82, 2.24) is 8.97 Å². The molecule has 0 aliphatic heterocycles. The molecule has 3 aromatic heterocycles. The zero-order valence-corrected chi connectivity index (χ0v) is 20.2. The zero-order chi connectivity index (χ0) is 24.6. The highest BCUT2D eigenvalue weighted by atomic mass is 16.1. The highest BCUT2D eigenvalue weighted by Crippen LogP contribution is 2.39. The summed E-state index contributed by atoms with van der Waals surface area (Å²) in [5.41, 5.74) is 7.47. The number of aromatic nitrogens is 2. The van der Waals surface area contributed by atoms with Crippen LogP contribution in [0.4, 0.5) is 0 Å². The molecular formula is C33H24N2O. The van der Waals surface area contributed by atoms with E-state index in [9.17, 15) is 4.79 Å². The van der Waals surface area contributed by atoms with Gasteiger partial charge in [-0.25, -0.2) is 0 Å². The highest BCUT2D eigenvalue weighted by Gasteiger charge is 2.21. The maximum absolute atomic E-state index is 13.7. The third-order valence-electron chi connectivity index (χ3n) is 7.32. The van der Waals surface area contributed by atoms with E-state index in [1.807, 2.05) is 47.7 Å². The minimum Gasteiger partial charge on any atom is -0.309 e. The molecule has 3 heteroatoms. The minimum absolute atomic E-state index is 0.0302. The average molecular weight is 465 g/mol. The molecule has 7 rings (SSSR count). The molecule has 0 unspecified atom stereocenters. The lowest BCUT2D eigenvalue weighted by Crippen LogP contribution is -2.13. The number of fused-ring (bicyclic) bond motifs is 6. The van der Waals surface area contributed by atoms with Crippen LogP contribution in [0, 0.1) is 0 Å². The van der Waals surface area contributed by atoms with E-state index in [2.05, 4.69) is 78.8 Å². The molecule has 36 heavy (non-hydrogen) atoms. The smallest absolute Gasteiger partial charge is 0.263 e.